The van der Waals surface area contributed by atoms with Crippen LogP contribution in [0.4, 0.5) is 0 Å². The van der Waals surface area contributed by atoms with E-state index in [0.717, 1.165) is 19.5 Å². The van der Waals surface area contributed by atoms with Crippen LogP contribution in [0, 0.1) is 0 Å². The van der Waals surface area contributed by atoms with Crippen molar-refractivity contribution in [3.8, 4) is 0 Å². The van der Waals surface area contributed by atoms with Crippen LogP contribution in [-0.4, -0.2) is 58.6 Å². The van der Waals surface area contributed by atoms with Crippen LogP contribution < -0.4 is 0 Å². The molecule has 0 spiro atoms. The maximum Gasteiger partial charge on any atom is 0.237 e. The summed E-state index contributed by atoms with van der Waals surface area (Å²) in [4.78, 5) is 16.6. The number of hydrogen-bond acceptors (Lipinski definition) is 3. The van der Waals surface area contributed by atoms with Gasteiger partial charge in [0, 0.05) is 24.7 Å². The van der Waals surface area contributed by atoms with Gasteiger partial charge in [-0.3, -0.25) is 9.69 Å². The summed E-state index contributed by atoms with van der Waals surface area (Å²) in [5.74, 6) is 0.256. The Bertz CT molecular complexity index is 354. The molecule has 4 nitrogen and oxygen atoms in total. The third-order valence-electron chi connectivity index (χ3n) is 3.92. The molecular formula is C15H28N2O2. The van der Waals surface area contributed by atoms with Crippen LogP contribution in [0.1, 0.15) is 48.0 Å². The molecule has 2 fully saturated rings. The van der Waals surface area contributed by atoms with E-state index in [1.54, 1.807) is 0 Å². The molecule has 19 heavy (non-hydrogen) atoms. The highest BCUT2D eigenvalue weighted by atomic mass is 16.5. The first-order valence-electron chi connectivity index (χ1n) is 7.28. The van der Waals surface area contributed by atoms with Crippen molar-refractivity contribution >= 4 is 5.91 Å². The van der Waals surface area contributed by atoms with Crippen molar-refractivity contribution in [2.24, 2.45) is 0 Å². The van der Waals surface area contributed by atoms with Gasteiger partial charge in [0.05, 0.1) is 18.2 Å². The molecule has 0 N–H and O–H groups in total. The number of carbonyl (C=O) groups excluding carboxylic acids is 1. The van der Waals surface area contributed by atoms with Crippen molar-refractivity contribution in [3.05, 3.63) is 0 Å². The van der Waals surface area contributed by atoms with Crippen molar-refractivity contribution in [2.75, 3.05) is 19.6 Å². The molecule has 0 aromatic carbocycles. The molecule has 2 aliphatic heterocycles. The average molecular weight is 268 g/mol. The summed E-state index contributed by atoms with van der Waals surface area (Å²) in [6, 6.07) is 0.327. The predicted octanol–water partition coefficient (Wildman–Crippen LogP) is 1.89. The van der Waals surface area contributed by atoms with Crippen LogP contribution in [0.3, 0.4) is 0 Å². The molecule has 0 aromatic heterocycles. The van der Waals surface area contributed by atoms with Gasteiger partial charge in [-0.05, 0) is 48.0 Å². The summed E-state index contributed by atoms with van der Waals surface area (Å²) in [6.45, 7) is 15.0. The molecule has 2 heterocycles. The lowest BCUT2D eigenvalue weighted by Gasteiger charge is -2.43. The van der Waals surface area contributed by atoms with Crippen molar-refractivity contribution in [1.82, 2.24) is 9.80 Å². The number of amides is 1. The van der Waals surface area contributed by atoms with Crippen molar-refractivity contribution < 1.29 is 9.53 Å². The third kappa shape index (κ3) is 3.48. The normalized spacial score (nSPS) is 29.8. The molecule has 4 heteroatoms. The van der Waals surface area contributed by atoms with Gasteiger partial charge < -0.3 is 9.64 Å². The molecule has 0 aromatic rings. The Hall–Kier alpha value is -0.610. The third-order valence-corrected chi connectivity index (χ3v) is 3.92. The molecule has 2 atom stereocenters. The van der Waals surface area contributed by atoms with Gasteiger partial charge in [-0.15, -0.1) is 0 Å². The minimum absolute atomic E-state index is 0.0602. The predicted molar refractivity (Wildman–Crippen MR) is 76.1 cm³/mol. The Balaban J connectivity index is 2.02. The van der Waals surface area contributed by atoms with Crippen LogP contribution >= 0.6 is 0 Å². The number of piperazine rings is 1. The average Bonchev–Trinajstić information content (AvgIpc) is 2.56. The second-order valence-electron chi connectivity index (χ2n) is 7.84. The van der Waals surface area contributed by atoms with E-state index in [2.05, 4.69) is 46.4 Å². The minimum atomic E-state index is -0.133. The van der Waals surface area contributed by atoms with Crippen molar-refractivity contribution in [1.29, 1.82) is 0 Å². The zero-order valence-corrected chi connectivity index (χ0v) is 13.2. The van der Waals surface area contributed by atoms with Crippen LogP contribution in [0.2, 0.25) is 0 Å². The standard InChI is InChI=1S/C15H28N2O2/c1-14(2,3)16-8-11-7-12(19-15(4,5)6)9-17(11)13(18)10-16/h11-12H,7-10H2,1-6H3. The highest BCUT2D eigenvalue weighted by molar-refractivity contribution is 5.80. The lowest BCUT2D eigenvalue weighted by atomic mass is 10.0. The monoisotopic (exact) mass is 268 g/mol. The molecule has 2 aliphatic rings. The summed E-state index contributed by atoms with van der Waals surface area (Å²) in [6.07, 6.45) is 1.16. The number of carbonyl (C=O) groups is 1. The molecule has 0 radical (unpaired) electrons. The van der Waals surface area contributed by atoms with Gasteiger partial charge in [0.25, 0.3) is 0 Å². The zero-order chi connectivity index (χ0) is 14.4. The fourth-order valence-corrected chi connectivity index (χ4v) is 3.02. The molecule has 0 aliphatic carbocycles. The van der Waals surface area contributed by atoms with E-state index in [1.807, 2.05) is 4.90 Å². The van der Waals surface area contributed by atoms with Gasteiger partial charge in [0.1, 0.15) is 0 Å². The van der Waals surface area contributed by atoms with Gasteiger partial charge in [-0.1, -0.05) is 0 Å². The Morgan fingerprint density at radius 2 is 1.74 bits per heavy atom. The summed E-state index contributed by atoms with van der Waals surface area (Å²) in [7, 11) is 0. The first kappa shape index (κ1) is 14.8. The Labute approximate surface area is 117 Å². The van der Waals surface area contributed by atoms with Gasteiger partial charge in [0.15, 0.2) is 0 Å². The van der Waals surface area contributed by atoms with E-state index in [0.29, 0.717) is 12.6 Å². The number of ether oxygens (including phenoxy) is 1. The lowest BCUT2D eigenvalue weighted by molar-refractivity contribution is -0.140. The first-order chi connectivity index (χ1) is 8.56. The number of fused-ring (bicyclic) bond motifs is 1. The number of hydrogen-bond donors (Lipinski definition) is 0. The molecule has 110 valence electrons. The molecule has 0 saturated carbocycles. The van der Waals surface area contributed by atoms with Crippen LogP contribution in [0.15, 0.2) is 0 Å². The minimum Gasteiger partial charge on any atom is -0.371 e. The first-order valence-corrected chi connectivity index (χ1v) is 7.28. The second-order valence-corrected chi connectivity index (χ2v) is 7.84. The highest BCUT2D eigenvalue weighted by Crippen LogP contribution is 2.30. The fourth-order valence-electron chi connectivity index (χ4n) is 3.02. The maximum absolute atomic E-state index is 12.3. The molecule has 2 saturated heterocycles. The topological polar surface area (TPSA) is 32.8 Å². The largest absolute Gasteiger partial charge is 0.371 e. The van der Waals surface area contributed by atoms with Gasteiger partial charge in [-0.2, -0.15) is 0 Å². The van der Waals surface area contributed by atoms with E-state index in [4.69, 9.17) is 4.74 Å². The SMILES string of the molecule is CC(C)(C)OC1CC2CN(C(C)(C)C)CC(=O)N2C1. The lowest BCUT2D eigenvalue weighted by Crippen LogP contribution is -2.58. The molecule has 1 amide bonds. The summed E-state index contributed by atoms with van der Waals surface area (Å²) < 4.78 is 6.05. The Kier molecular flexibility index (Phi) is 3.69. The van der Waals surface area contributed by atoms with Crippen LogP contribution in [-0.2, 0) is 9.53 Å². The molecule has 0 bridgehead atoms. The summed E-state index contributed by atoms with van der Waals surface area (Å²) in [5, 5.41) is 0. The quantitative estimate of drug-likeness (QED) is 0.728. The maximum atomic E-state index is 12.3. The zero-order valence-electron chi connectivity index (χ0n) is 13.2. The molecule has 2 unspecified atom stereocenters. The van der Waals surface area contributed by atoms with Gasteiger partial charge >= 0.3 is 0 Å². The smallest absolute Gasteiger partial charge is 0.237 e. The van der Waals surface area contributed by atoms with Crippen molar-refractivity contribution in [3.63, 3.8) is 0 Å². The number of rotatable bonds is 1. The number of nitrogens with zero attached hydrogens (tertiary/aromatic N) is 2. The van der Waals surface area contributed by atoms with E-state index < -0.39 is 0 Å². The van der Waals surface area contributed by atoms with Crippen LogP contribution in [0.5, 0.6) is 0 Å². The van der Waals surface area contributed by atoms with E-state index in [9.17, 15) is 4.79 Å². The van der Waals surface area contributed by atoms with Gasteiger partial charge in [0.2, 0.25) is 5.91 Å². The van der Waals surface area contributed by atoms with Gasteiger partial charge in [-0.25, -0.2) is 0 Å². The second kappa shape index (κ2) is 4.74. The van der Waals surface area contributed by atoms with E-state index >= 15 is 0 Å². The van der Waals surface area contributed by atoms with Crippen LogP contribution in [0.25, 0.3) is 0 Å². The highest BCUT2D eigenvalue weighted by Gasteiger charge is 2.43. The Morgan fingerprint density at radius 3 is 2.26 bits per heavy atom. The fraction of sp³-hybridized carbons (Fsp3) is 0.933. The Morgan fingerprint density at radius 1 is 1.11 bits per heavy atom. The summed E-state index contributed by atoms with van der Waals surface area (Å²) >= 11 is 0. The molecule has 2 rings (SSSR count). The summed E-state index contributed by atoms with van der Waals surface area (Å²) in [5.41, 5.74) is -0.0727. The van der Waals surface area contributed by atoms with E-state index in [-0.39, 0.29) is 23.2 Å². The van der Waals surface area contributed by atoms with E-state index in [1.165, 1.54) is 0 Å². The van der Waals surface area contributed by atoms with Crippen molar-refractivity contribution in [2.45, 2.75) is 71.2 Å². The molecular weight excluding hydrogens is 240 g/mol.